The van der Waals surface area contributed by atoms with E-state index in [-0.39, 0.29) is 32.4 Å². The van der Waals surface area contributed by atoms with Crippen LogP contribution in [0.1, 0.15) is 28.4 Å². The van der Waals surface area contributed by atoms with Gasteiger partial charge in [0.25, 0.3) is 0 Å². The number of nitrogens with zero attached hydrogens (tertiary/aromatic N) is 4. The van der Waals surface area contributed by atoms with E-state index >= 15 is 0 Å². The highest BCUT2D eigenvalue weighted by Gasteiger charge is 2.59. The van der Waals surface area contributed by atoms with E-state index in [1.54, 1.807) is 60.8 Å². The maximum absolute atomic E-state index is 6.70. The number of nitrogens with two attached hydrogens (primary N) is 1. The monoisotopic (exact) mass is 765 g/mol. The quantitative estimate of drug-likeness (QED) is 0.134. The average Bonchev–Trinajstić information content (AvgIpc) is 3.61. The van der Waals surface area contributed by atoms with Gasteiger partial charge in [-0.05, 0) is 53.1 Å². The molecule has 0 saturated carbocycles. The Morgan fingerprint density at radius 3 is 2.00 bits per heavy atom. The van der Waals surface area contributed by atoms with Crippen LogP contribution in [-0.2, 0) is 38.8 Å². The molecule has 0 spiro atoms. The lowest BCUT2D eigenvalue weighted by atomic mass is 9.87. The number of ether oxygens (including phenoxy) is 4. The van der Waals surface area contributed by atoms with Gasteiger partial charge < -0.3 is 24.7 Å². The molecule has 0 amide bonds. The van der Waals surface area contributed by atoms with E-state index in [1.165, 1.54) is 10.8 Å². The summed E-state index contributed by atoms with van der Waals surface area (Å²) in [5.41, 5.74) is 7.40. The highest BCUT2D eigenvalue weighted by atomic mass is 35.5. The Labute approximate surface area is 306 Å². The molecule has 9 nitrogen and oxygen atoms in total. The molecule has 5 aromatic rings. The summed E-state index contributed by atoms with van der Waals surface area (Å²) in [5.74, 6) is 2.98. The van der Waals surface area contributed by atoms with Gasteiger partial charge in [-0.1, -0.05) is 93.7 Å². The van der Waals surface area contributed by atoms with Crippen LogP contribution in [-0.4, -0.2) is 44.0 Å². The Morgan fingerprint density at radius 1 is 0.833 bits per heavy atom. The molecule has 0 bridgehead atoms. The van der Waals surface area contributed by atoms with Crippen LogP contribution >= 0.6 is 69.6 Å². The third-order valence-corrected chi connectivity index (χ3v) is 9.56. The Kier molecular flexibility index (Phi) is 10.9. The summed E-state index contributed by atoms with van der Waals surface area (Å²) in [4.78, 5) is 8.44. The minimum Gasteiger partial charge on any atom is -0.374 e. The topological polar surface area (TPSA) is 106 Å². The molecule has 1 saturated heterocycles. The van der Waals surface area contributed by atoms with E-state index in [4.69, 9.17) is 101 Å². The molecule has 3 heterocycles. The summed E-state index contributed by atoms with van der Waals surface area (Å²) in [6, 6.07) is 15.3. The third kappa shape index (κ3) is 7.21. The molecule has 0 radical (unpaired) electrons. The molecule has 1 aliphatic heterocycles. The van der Waals surface area contributed by atoms with E-state index < -0.39 is 23.9 Å². The van der Waals surface area contributed by atoms with Crippen LogP contribution in [0.25, 0.3) is 5.65 Å². The Bertz CT molecular complexity index is 2010. The molecule has 1 unspecified atom stereocenters. The lowest BCUT2D eigenvalue weighted by Gasteiger charge is -2.34. The molecule has 2 N–H and O–H groups in total. The van der Waals surface area contributed by atoms with Crippen molar-refractivity contribution in [3.63, 3.8) is 0 Å². The summed E-state index contributed by atoms with van der Waals surface area (Å²) in [7, 11) is 0. The number of rotatable bonds is 11. The first-order chi connectivity index (χ1) is 23.1. The van der Waals surface area contributed by atoms with Gasteiger partial charge in [0.1, 0.15) is 24.6 Å². The number of aromatic nitrogens is 4. The van der Waals surface area contributed by atoms with E-state index in [1.807, 2.05) is 0 Å². The largest absolute Gasteiger partial charge is 0.374 e. The molecule has 4 atom stereocenters. The van der Waals surface area contributed by atoms with Crippen molar-refractivity contribution in [3.8, 4) is 12.3 Å². The number of terminal acetylenes is 1. The van der Waals surface area contributed by atoms with Crippen LogP contribution in [0.5, 0.6) is 0 Å². The predicted octanol–water partition coefficient (Wildman–Crippen LogP) is 8.46. The fourth-order valence-corrected chi connectivity index (χ4v) is 6.79. The van der Waals surface area contributed by atoms with Crippen LogP contribution in [0.4, 0.5) is 5.95 Å². The van der Waals surface area contributed by atoms with Gasteiger partial charge in [0, 0.05) is 35.7 Å². The van der Waals surface area contributed by atoms with E-state index in [0.717, 1.165) is 5.56 Å². The zero-order valence-corrected chi connectivity index (χ0v) is 29.3. The number of anilines is 1. The molecule has 1 aliphatic rings. The minimum atomic E-state index is -1.59. The lowest BCUT2D eigenvalue weighted by Crippen LogP contribution is -2.48. The second-order valence-electron chi connectivity index (χ2n) is 10.8. The number of hydrogen-bond acceptors (Lipinski definition) is 8. The van der Waals surface area contributed by atoms with E-state index in [0.29, 0.717) is 52.5 Å². The molecule has 248 valence electrons. The summed E-state index contributed by atoms with van der Waals surface area (Å²) < 4.78 is 27.5. The van der Waals surface area contributed by atoms with E-state index in [2.05, 4.69) is 21.0 Å². The van der Waals surface area contributed by atoms with E-state index in [9.17, 15) is 0 Å². The first-order valence-corrected chi connectivity index (χ1v) is 16.6. The molecule has 6 rings (SSSR count). The Balaban J connectivity index is 1.40. The number of fused-ring (bicyclic) bond motifs is 1. The lowest BCUT2D eigenvalue weighted by molar-refractivity contribution is -0.124. The van der Waals surface area contributed by atoms with Crippen LogP contribution in [0.15, 0.2) is 67.1 Å². The second kappa shape index (κ2) is 15.0. The maximum Gasteiger partial charge on any atom is 0.224 e. The zero-order chi connectivity index (χ0) is 34.0. The van der Waals surface area contributed by atoms with Gasteiger partial charge in [0.15, 0.2) is 11.2 Å². The first-order valence-electron chi connectivity index (χ1n) is 14.3. The van der Waals surface area contributed by atoms with Gasteiger partial charge in [-0.3, -0.25) is 0 Å². The highest BCUT2D eigenvalue weighted by Crippen LogP contribution is 2.48. The molecule has 15 heteroatoms. The van der Waals surface area contributed by atoms with Crippen molar-refractivity contribution in [3.05, 3.63) is 120 Å². The molecule has 3 aromatic carbocycles. The average molecular weight is 768 g/mol. The number of nitrogen functional groups attached to an aromatic ring is 1. The molecule has 0 aliphatic carbocycles. The van der Waals surface area contributed by atoms with Crippen molar-refractivity contribution in [1.29, 1.82) is 0 Å². The predicted molar refractivity (Wildman–Crippen MR) is 187 cm³/mol. The number of halogens is 6. The number of benzene rings is 3. The number of hydrogen-bond donors (Lipinski definition) is 1. The van der Waals surface area contributed by atoms with Crippen LogP contribution < -0.4 is 5.73 Å². The summed E-state index contributed by atoms with van der Waals surface area (Å²) in [6.45, 7) is 0.195. The zero-order valence-electron chi connectivity index (χ0n) is 24.8. The van der Waals surface area contributed by atoms with Crippen molar-refractivity contribution < 1.29 is 18.9 Å². The molecule has 2 aromatic heterocycles. The smallest absolute Gasteiger partial charge is 0.224 e. The molecular formula is C33H25Cl6N5O4. The molecule has 1 fully saturated rings. The summed E-state index contributed by atoms with van der Waals surface area (Å²) in [5, 5.41) is 7.12. The van der Waals surface area contributed by atoms with Crippen LogP contribution in [0.3, 0.4) is 0 Å². The summed E-state index contributed by atoms with van der Waals surface area (Å²) in [6.07, 6.45) is 6.60. The SMILES string of the molecule is C#C[C@]1(OCc2ccc(Cl)cc2Cl)C(c2cnn3c(N)ncnc23)O[C@H](COCc2ccc(Cl)cc2Cl)[C@H]1OCc1ccc(Cl)cc1Cl. The molecule has 48 heavy (non-hydrogen) atoms. The van der Waals surface area contributed by atoms with Gasteiger partial charge >= 0.3 is 0 Å². The fourth-order valence-electron chi connectivity index (χ4n) is 5.40. The normalized spacial score (nSPS) is 20.7. The Hall–Kier alpha value is -2.85. The van der Waals surface area contributed by atoms with Crippen molar-refractivity contribution in [1.82, 2.24) is 19.6 Å². The van der Waals surface area contributed by atoms with Crippen molar-refractivity contribution in [2.45, 2.75) is 43.7 Å². The van der Waals surface area contributed by atoms with Crippen molar-refractivity contribution >= 4 is 81.2 Å². The third-order valence-electron chi connectivity index (χ3n) is 7.80. The second-order valence-corrected chi connectivity index (χ2v) is 13.3. The maximum atomic E-state index is 6.70. The van der Waals surface area contributed by atoms with Gasteiger partial charge in [-0.15, -0.1) is 6.42 Å². The summed E-state index contributed by atoms with van der Waals surface area (Å²) >= 11 is 37.8. The molecular weight excluding hydrogens is 743 g/mol. The fraction of sp³-hybridized carbons (Fsp3) is 0.242. The van der Waals surface area contributed by atoms with Crippen molar-refractivity contribution in [2.24, 2.45) is 0 Å². The Morgan fingerprint density at radius 2 is 1.42 bits per heavy atom. The first kappa shape index (κ1) is 35.0. The van der Waals surface area contributed by atoms with Crippen LogP contribution in [0, 0.1) is 12.3 Å². The van der Waals surface area contributed by atoms with Gasteiger partial charge in [0.05, 0.1) is 32.6 Å². The standard InChI is InChI=1S/C33H25Cl6N5O4/c1-2-33(47-15-20-5-8-23(36)11-27(20)39)29(24-12-43-44-31(24)41-17-42-32(44)40)48-28(16-45-13-18-3-6-21(34)9-25(18)37)30(33)46-14-19-4-7-22(35)10-26(19)38/h1,3-12,17,28-30H,13-16H2,(H2,40,41,42)/t28-,29?,30-,33+/m1/s1. The minimum absolute atomic E-state index is 0.0219. The van der Waals surface area contributed by atoms with Crippen molar-refractivity contribution in [2.75, 3.05) is 12.3 Å². The van der Waals surface area contributed by atoms with Gasteiger partial charge in [0.2, 0.25) is 5.95 Å². The highest BCUT2D eigenvalue weighted by molar-refractivity contribution is 6.36. The van der Waals surface area contributed by atoms with Gasteiger partial charge in [-0.2, -0.15) is 9.61 Å². The van der Waals surface area contributed by atoms with Crippen LogP contribution in [0.2, 0.25) is 30.1 Å². The van der Waals surface area contributed by atoms with Gasteiger partial charge in [-0.25, -0.2) is 9.97 Å².